The number of rotatable bonds is 14. The van der Waals surface area contributed by atoms with Gasteiger partial charge >= 0.3 is 0 Å². The number of nitrogen functional groups attached to an aromatic ring is 1. The Morgan fingerprint density at radius 1 is 1.00 bits per heavy atom. The smallest absolute Gasteiger partial charge is 0.256 e. The lowest BCUT2D eigenvalue weighted by Crippen LogP contribution is -2.43. The van der Waals surface area contributed by atoms with E-state index in [0.717, 1.165) is 50.2 Å². The number of hydrogen-bond acceptors (Lipinski definition) is 10. The number of carbonyl (C=O) groups is 2. The van der Waals surface area contributed by atoms with Crippen LogP contribution in [0.5, 0.6) is 23.0 Å². The fraction of sp³-hybridized carbons (Fsp3) is 0.576. The minimum Gasteiger partial charge on any atom is -0.493 e. The van der Waals surface area contributed by atoms with Crippen molar-refractivity contribution in [3.8, 4) is 23.0 Å². The summed E-state index contributed by atoms with van der Waals surface area (Å²) in [5, 5.41) is 3.43. The van der Waals surface area contributed by atoms with Crippen molar-refractivity contribution in [2.45, 2.75) is 63.5 Å². The number of carbonyl (C=O) groups excluding carboxylic acids is 2. The van der Waals surface area contributed by atoms with E-state index in [-0.39, 0.29) is 29.3 Å². The molecule has 1 unspecified atom stereocenters. The van der Waals surface area contributed by atoms with Crippen molar-refractivity contribution >= 4 is 35.0 Å². The Hall–Kier alpha value is -3.51. The zero-order valence-corrected chi connectivity index (χ0v) is 27.6. The molecule has 0 spiro atoms. The summed E-state index contributed by atoms with van der Waals surface area (Å²) in [6.45, 7) is 7.54. The van der Waals surface area contributed by atoms with E-state index in [1.54, 1.807) is 44.2 Å². The van der Waals surface area contributed by atoms with Gasteiger partial charge in [-0.2, -0.15) is 0 Å². The maximum atomic E-state index is 13.7. The molecule has 45 heavy (non-hydrogen) atoms. The highest BCUT2D eigenvalue weighted by Gasteiger charge is 2.37. The van der Waals surface area contributed by atoms with Gasteiger partial charge in [-0.25, -0.2) is 0 Å². The van der Waals surface area contributed by atoms with Crippen LogP contribution in [-0.4, -0.2) is 98.6 Å². The van der Waals surface area contributed by atoms with E-state index in [4.69, 9.17) is 29.4 Å². The molecule has 12 heteroatoms. The number of amides is 2. The van der Waals surface area contributed by atoms with Crippen LogP contribution in [0.4, 0.5) is 11.4 Å². The number of nitrogens with two attached hydrogens (primary N) is 1. The Morgan fingerprint density at radius 2 is 1.71 bits per heavy atom. The molecule has 2 saturated heterocycles. The Bertz CT molecular complexity index is 1350. The van der Waals surface area contributed by atoms with Crippen LogP contribution in [0.1, 0.15) is 66.7 Å². The topological polar surface area (TPSA) is 125 Å². The molecular formula is C33H46N4O7S. The van der Waals surface area contributed by atoms with E-state index >= 15 is 0 Å². The maximum Gasteiger partial charge on any atom is 0.256 e. The van der Waals surface area contributed by atoms with Gasteiger partial charge in [0.2, 0.25) is 0 Å². The third-order valence-electron chi connectivity index (χ3n) is 8.61. The molecule has 0 saturated carbocycles. The second-order valence-corrected chi connectivity index (χ2v) is 12.7. The molecule has 3 aliphatic heterocycles. The van der Waals surface area contributed by atoms with Crippen LogP contribution in [0, 0.1) is 0 Å². The van der Waals surface area contributed by atoms with Crippen LogP contribution in [0.15, 0.2) is 24.3 Å². The predicted molar refractivity (Wildman–Crippen MR) is 176 cm³/mol. The molecule has 3 N–H and O–H groups in total. The predicted octanol–water partition coefficient (Wildman–Crippen LogP) is 4.88. The summed E-state index contributed by atoms with van der Waals surface area (Å²) in [7, 11) is 3.12. The van der Waals surface area contributed by atoms with Gasteiger partial charge in [0.05, 0.1) is 50.3 Å². The van der Waals surface area contributed by atoms with E-state index in [2.05, 4.69) is 12.2 Å². The second-order valence-electron chi connectivity index (χ2n) is 11.4. The van der Waals surface area contributed by atoms with Crippen molar-refractivity contribution in [2.24, 2.45) is 0 Å². The SMILES string of the molecule is CCOC(SCC)[C@@H]1CCCN1C(=O)c1cc(OC)c(OCCCOc2cc3c(cc2OC)C(=O)N2CCC[C@H]2CN3)cc1N. The van der Waals surface area contributed by atoms with Crippen LogP contribution in [0.2, 0.25) is 0 Å². The fourth-order valence-corrected chi connectivity index (χ4v) is 7.46. The van der Waals surface area contributed by atoms with Crippen molar-refractivity contribution in [1.82, 2.24) is 9.80 Å². The molecule has 246 valence electrons. The minimum absolute atomic E-state index is 0.00406. The van der Waals surface area contributed by atoms with Crippen LogP contribution in [0.3, 0.4) is 0 Å². The van der Waals surface area contributed by atoms with Gasteiger partial charge in [-0.05, 0) is 50.5 Å². The molecule has 2 fully saturated rings. The number of anilines is 2. The summed E-state index contributed by atoms with van der Waals surface area (Å²) < 4.78 is 29.2. The van der Waals surface area contributed by atoms with Crippen molar-refractivity contribution in [2.75, 3.05) is 70.5 Å². The number of benzene rings is 2. The second kappa shape index (κ2) is 15.2. The van der Waals surface area contributed by atoms with Gasteiger partial charge in [-0.15, -0.1) is 11.8 Å². The first-order valence-electron chi connectivity index (χ1n) is 15.9. The van der Waals surface area contributed by atoms with Crippen LogP contribution >= 0.6 is 11.8 Å². The molecule has 0 aromatic heterocycles. The molecule has 0 aliphatic carbocycles. The van der Waals surface area contributed by atoms with Crippen molar-refractivity contribution in [3.63, 3.8) is 0 Å². The number of fused-ring (bicyclic) bond motifs is 2. The standard InChI is InChI=1S/C33H46N4O7S/c1-5-42-33(45-6-2)26-11-8-13-37(26)31(38)22-16-27(40-3)29(18-24(22)34)43-14-9-15-44-30-19-25-23(17-28(30)41-4)32(39)36-12-7-10-21(36)20-35-25/h16-19,21,26,33,35H,5-15,20,34H2,1-4H3/t21-,26-,33?/m0/s1. The number of ether oxygens (including phenoxy) is 5. The van der Waals surface area contributed by atoms with Crippen LogP contribution in [0.25, 0.3) is 0 Å². The molecule has 2 amide bonds. The maximum absolute atomic E-state index is 13.7. The van der Waals surface area contributed by atoms with Gasteiger partial charge in [0.25, 0.3) is 11.8 Å². The zero-order valence-electron chi connectivity index (χ0n) is 26.8. The van der Waals surface area contributed by atoms with Gasteiger partial charge < -0.3 is 44.5 Å². The number of nitrogens with one attached hydrogen (secondary N) is 1. The Balaban J connectivity index is 1.19. The normalized spacial score (nSPS) is 19.8. The van der Waals surface area contributed by atoms with Crippen LogP contribution < -0.4 is 30.0 Å². The Kier molecular flexibility index (Phi) is 11.1. The molecule has 2 aromatic rings. The monoisotopic (exact) mass is 642 g/mol. The number of thioether (sulfide) groups is 1. The summed E-state index contributed by atoms with van der Waals surface area (Å²) in [6.07, 6.45) is 4.43. The van der Waals surface area contributed by atoms with Crippen LogP contribution in [-0.2, 0) is 4.74 Å². The molecule has 5 rings (SSSR count). The average Bonchev–Trinajstić information content (AvgIpc) is 3.71. The summed E-state index contributed by atoms with van der Waals surface area (Å²) in [6, 6.07) is 7.14. The summed E-state index contributed by atoms with van der Waals surface area (Å²) in [5.74, 6) is 2.80. The third-order valence-corrected chi connectivity index (χ3v) is 9.72. The lowest BCUT2D eigenvalue weighted by Gasteiger charge is -2.31. The van der Waals surface area contributed by atoms with Crippen molar-refractivity contribution < 1.29 is 33.3 Å². The summed E-state index contributed by atoms with van der Waals surface area (Å²) in [5.41, 5.74) is 8.44. The van der Waals surface area contributed by atoms with E-state index in [9.17, 15) is 9.59 Å². The lowest BCUT2D eigenvalue weighted by molar-refractivity contribution is 0.0461. The first-order chi connectivity index (χ1) is 21.9. The van der Waals surface area contributed by atoms with Gasteiger partial charge in [-0.1, -0.05) is 6.92 Å². The van der Waals surface area contributed by atoms with Gasteiger partial charge in [0.1, 0.15) is 5.44 Å². The molecule has 2 aromatic carbocycles. The summed E-state index contributed by atoms with van der Waals surface area (Å²) >= 11 is 1.72. The highest BCUT2D eigenvalue weighted by molar-refractivity contribution is 7.99. The van der Waals surface area contributed by atoms with E-state index < -0.39 is 0 Å². The molecule has 0 radical (unpaired) electrons. The van der Waals surface area contributed by atoms with Gasteiger partial charge in [0.15, 0.2) is 23.0 Å². The molecule has 11 nitrogen and oxygen atoms in total. The van der Waals surface area contributed by atoms with Gasteiger partial charge in [0, 0.05) is 56.5 Å². The lowest BCUT2D eigenvalue weighted by atomic mass is 10.1. The molecule has 3 atom stereocenters. The average molecular weight is 643 g/mol. The molecule has 3 aliphatic rings. The highest BCUT2D eigenvalue weighted by Crippen LogP contribution is 2.38. The summed E-state index contributed by atoms with van der Waals surface area (Å²) in [4.78, 5) is 30.7. The molecule has 0 bridgehead atoms. The number of nitrogens with zero attached hydrogens (tertiary/aromatic N) is 2. The third kappa shape index (κ3) is 7.17. The molecular weight excluding hydrogens is 596 g/mol. The largest absolute Gasteiger partial charge is 0.493 e. The fourth-order valence-electron chi connectivity index (χ4n) is 6.39. The first-order valence-corrected chi connectivity index (χ1v) is 17.0. The number of methoxy groups -OCH3 is 2. The van der Waals surface area contributed by atoms with Crippen molar-refractivity contribution in [1.29, 1.82) is 0 Å². The van der Waals surface area contributed by atoms with E-state index in [0.29, 0.717) is 72.6 Å². The number of hydrogen-bond donors (Lipinski definition) is 2. The number of likely N-dealkylation sites (tertiary alicyclic amines) is 1. The minimum atomic E-state index is -0.124. The quantitative estimate of drug-likeness (QED) is 0.167. The first kappa shape index (κ1) is 32.9. The van der Waals surface area contributed by atoms with Crippen molar-refractivity contribution in [3.05, 3.63) is 35.4 Å². The van der Waals surface area contributed by atoms with E-state index in [1.807, 2.05) is 22.8 Å². The zero-order chi connectivity index (χ0) is 31.9. The van der Waals surface area contributed by atoms with E-state index in [1.165, 1.54) is 0 Å². The van der Waals surface area contributed by atoms with Gasteiger partial charge in [-0.3, -0.25) is 9.59 Å². The highest BCUT2D eigenvalue weighted by atomic mass is 32.2. The molecule has 3 heterocycles. The Labute approximate surface area is 270 Å². The Morgan fingerprint density at radius 3 is 2.42 bits per heavy atom.